The van der Waals surface area contributed by atoms with Crippen molar-refractivity contribution in [2.45, 2.75) is 33.1 Å². The average molecular weight is 248 g/mol. The molecule has 0 aliphatic carbocycles. The van der Waals surface area contributed by atoms with Crippen LogP contribution >= 0.6 is 0 Å². The number of aryl methyl sites for hydroxylation is 1. The van der Waals surface area contributed by atoms with Crippen molar-refractivity contribution in [2.75, 3.05) is 7.11 Å². The van der Waals surface area contributed by atoms with Crippen LogP contribution in [0.1, 0.15) is 31.4 Å². The zero-order chi connectivity index (χ0) is 13.5. The molecule has 0 amide bonds. The van der Waals surface area contributed by atoms with Crippen molar-refractivity contribution in [2.24, 2.45) is 0 Å². The average Bonchev–Trinajstić information content (AvgIpc) is 2.35. The van der Waals surface area contributed by atoms with Gasteiger partial charge in [-0.1, -0.05) is 17.7 Å². The molecular weight excluding hydrogens is 228 g/mol. The first-order valence-corrected chi connectivity index (χ1v) is 6.04. The van der Waals surface area contributed by atoms with Crippen LogP contribution < -0.4 is 4.74 Å². The number of phenols is 1. The predicted octanol–water partition coefficient (Wildman–Crippen LogP) is 3.04. The number of aldehydes is 1. The van der Waals surface area contributed by atoms with Crippen molar-refractivity contribution in [3.8, 4) is 11.5 Å². The van der Waals surface area contributed by atoms with Gasteiger partial charge in [-0.3, -0.25) is 0 Å². The van der Waals surface area contributed by atoms with Gasteiger partial charge in [0.15, 0.2) is 11.5 Å². The van der Waals surface area contributed by atoms with Gasteiger partial charge in [-0.25, -0.2) is 0 Å². The summed E-state index contributed by atoms with van der Waals surface area (Å²) in [6, 6.07) is 3.71. The fourth-order valence-corrected chi connectivity index (χ4v) is 1.72. The van der Waals surface area contributed by atoms with Crippen molar-refractivity contribution < 1.29 is 14.6 Å². The second kappa shape index (κ2) is 6.84. The van der Waals surface area contributed by atoms with Gasteiger partial charge in [0.1, 0.15) is 6.29 Å². The Morgan fingerprint density at radius 1 is 1.39 bits per heavy atom. The van der Waals surface area contributed by atoms with Crippen LogP contribution in [0.5, 0.6) is 11.5 Å². The van der Waals surface area contributed by atoms with E-state index < -0.39 is 0 Å². The van der Waals surface area contributed by atoms with Gasteiger partial charge in [0.2, 0.25) is 0 Å². The van der Waals surface area contributed by atoms with Gasteiger partial charge in [0.05, 0.1) is 7.11 Å². The van der Waals surface area contributed by atoms with E-state index in [0.717, 1.165) is 17.4 Å². The summed E-state index contributed by atoms with van der Waals surface area (Å²) < 4.78 is 5.15. The van der Waals surface area contributed by atoms with Crippen LogP contribution in [-0.2, 0) is 17.6 Å². The Hall–Kier alpha value is -1.77. The smallest absolute Gasteiger partial charge is 0.161 e. The molecule has 1 aromatic carbocycles. The molecule has 0 saturated heterocycles. The second-order valence-corrected chi connectivity index (χ2v) is 4.50. The number of phenolic OH excluding ortho intramolecular Hbond substituents is 1. The lowest BCUT2D eigenvalue weighted by Crippen LogP contribution is -1.94. The number of hydrogen-bond acceptors (Lipinski definition) is 3. The van der Waals surface area contributed by atoms with E-state index in [-0.39, 0.29) is 5.75 Å². The first kappa shape index (κ1) is 14.3. The monoisotopic (exact) mass is 248 g/mol. The van der Waals surface area contributed by atoms with Crippen molar-refractivity contribution in [1.29, 1.82) is 0 Å². The summed E-state index contributed by atoms with van der Waals surface area (Å²) in [4.78, 5) is 10.4. The van der Waals surface area contributed by atoms with Crippen LogP contribution in [0.3, 0.4) is 0 Å². The number of carbonyl (C=O) groups is 1. The molecule has 0 radical (unpaired) electrons. The number of ether oxygens (including phenoxy) is 1. The molecule has 1 N–H and O–H groups in total. The zero-order valence-corrected chi connectivity index (χ0v) is 11.2. The fourth-order valence-electron chi connectivity index (χ4n) is 1.72. The second-order valence-electron chi connectivity index (χ2n) is 4.50. The molecule has 0 atom stereocenters. The minimum Gasteiger partial charge on any atom is -0.504 e. The van der Waals surface area contributed by atoms with Crippen molar-refractivity contribution >= 4 is 6.29 Å². The molecule has 1 aromatic rings. The van der Waals surface area contributed by atoms with Gasteiger partial charge in [0, 0.05) is 12.0 Å². The van der Waals surface area contributed by atoms with Crippen molar-refractivity contribution in [3.05, 3.63) is 34.9 Å². The topological polar surface area (TPSA) is 46.5 Å². The number of carbonyl (C=O) groups excluding carboxylic acids is 1. The van der Waals surface area contributed by atoms with Crippen LogP contribution in [0.15, 0.2) is 23.8 Å². The van der Waals surface area contributed by atoms with E-state index in [0.29, 0.717) is 25.0 Å². The molecule has 3 heteroatoms. The highest BCUT2D eigenvalue weighted by molar-refractivity contribution is 5.52. The molecule has 0 unspecified atom stereocenters. The Balaban J connectivity index is 3.05. The number of allylic oxidation sites excluding steroid dienone is 2. The summed E-state index contributed by atoms with van der Waals surface area (Å²) >= 11 is 0. The molecule has 0 fully saturated rings. The van der Waals surface area contributed by atoms with Crippen LogP contribution in [-0.4, -0.2) is 18.5 Å². The molecule has 1 rings (SSSR count). The Morgan fingerprint density at radius 2 is 2.11 bits per heavy atom. The third-order valence-electron chi connectivity index (χ3n) is 2.71. The lowest BCUT2D eigenvalue weighted by atomic mass is 10.0. The predicted molar refractivity (Wildman–Crippen MR) is 72.2 cm³/mol. The van der Waals surface area contributed by atoms with Gasteiger partial charge in [-0.2, -0.15) is 0 Å². The summed E-state index contributed by atoms with van der Waals surface area (Å²) in [5.41, 5.74) is 3.04. The van der Waals surface area contributed by atoms with E-state index in [1.54, 1.807) is 6.07 Å². The highest BCUT2D eigenvalue weighted by atomic mass is 16.5. The Bertz CT molecular complexity index is 443. The van der Waals surface area contributed by atoms with Crippen molar-refractivity contribution in [3.63, 3.8) is 0 Å². The molecular formula is C15H20O3. The maximum Gasteiger partial charge on any atom is 0.161 e. The summed E-state index contributed by atoms with van der Waals surface area (Å²) in [5.74, 6) is 0.653. The summed E-state index contributed by atoms with van der Waals surface area (Å²) in [6.45, 7) is 4.04. The summed E-state index contributed by atoms with van der Waals surface area (Å²) in [6.07, 6.45) is 4.77. The quantitative estimate of drug-likeness (QED) is 0.621. The maximum absolute atomic E-state index is 10.4. The summed E-state index contributed by atoms with van der Waals surface area (Å²) in [5, 5.41) is 10.0. The van der Waals surface area contributed by atoms with E-state index >= 15 is 0 Å². The van der Waals surface area contributed by atoms with Gasteiger partial charge in [-0.05, 0) is 38.3 Å². The fraction of sp³-hybridized carbons (Fsp3) is 0.400. The van der Waals surface area contributed by atoms with E-state index in [1.165, 1.54) is 12.7 Å². The Kier molecular flexibility index (Phi) is 5.43. The van der Waals surface area contributed by atoms with Crippen molar-refractivity contribution in [1.82, 2.24) is 0 Å². The molecule has 18 heavy (non-hydrogen) atoms. The first-order chi connectivity index (χ1) is 8.58. The standard InChI is InChI=1S/C15H20O3/c1-11(2)6-7-13-9-12(5-4-8-16)10-14(18-3)15(13)17/h6,8-10,17H,4-5,7H2,1-3H3. The zero-order valence-electron chi connectivity index (χ0n) is 11.2. The highest BCUT2D eigenvalue weighted by Crippen LogP contribution is 2.32. The number of benzene rings is 1. The molecule has 3 nitrogen and oxygen atoms in total. The molecule has 0 bridgehead atoms. The van der Waals surface area contributed by atoms with Gasteiger partial charge in [0.25, 0.3) is 0 Å². The molecule has 0 aromatic heterocycles. The van der Waals surface area contributed by atoms with E-state index in [2.05, 4.69) is 6.08 Å². The minimum absolute atomic E-state index is 0.185. The lowest BCUT2D eigenvalue weighted by Gasteiger charge is -2.11. The largest absolute Gasteiger partial charge is 0.504 e. The number of rotatable bonds is 6. The lowest BCUT2D eigenvalue weighted by molar-refractivity contribution is -0.107. The number of methoxy groups -OCH3 is 1. The molecule has 0 saturated carbocycles. The van der Waals surface area contributed by atoms with E-state index in [9.17, 15) is 9.90 Å². The normalized spacial score (nSPS) is 9.94. The van der Waals surface area contributed by atoms with Gasteiger partial charge < -0.3 is 14.6 Å². The number of aromatic hydroxyl groups is 1. The minimum atomic E-state index is 0.185. The van der Waals surface area contributed by atoms with E-state index in [4.69, 9.17) is 4.74 Å². The molecule has 0 spiro atoms. The van der Waals surface area contributed by atoms with Crippen LogP contribution in [0.25, 0.3) is 0 Å². The third kappa shape index (κ3) is 3.91. The van der Waals surface area contributed by atoms with Gasteiger partial charge >= 0.3 is 0 Å². The summed E-state index contributed by atoms with van der Waals surface area (Å²) in [7, 11) is 1.53. The third-order valence-corrected chi connectivity index (χ3v) is 2.71. The first-order valence-electron chi connectivity index (χ1n) is 6.04. The van der Waals surface area contributed by atoms with E-state index in [1.807, 2.05) is 19.9 Å². The van der Waals surface area contributed by atoms with Crippen LogP contribution in [0, 0.1) is 0 Å². The number of hydrogen-bond donors (Lipinski definition) is 1. The molecule has 0 heterocycles. The highest BCUT2D eigenvalue weighted by Gasteiger charge is 2.09. The van der Waals surface area contributed by atoms with Gasteiger partial charge in [-0.15, -0.1) is 0 Å². The molecule has 0 aliphatic heterocycles. The molecule has 0 aliphatic rings. The Morgan fingerprint density at radius 3 is 2.67 bits per heavy atom. The molecule has 98 valence electrons. The van der Waals surface area contributed by atoms with Crippen LogP contribution in [0.4, 0.5) is 0 Å². The maximum atomic E-state index is 10.4. The Labute approximate surface area is 108 Å². The SMILES string of the molecule is COc1cc(CCC=O)cc(CC=C(C)C)c1O. The van der Waals surface area contributed by atoms with Crippen LogP contribution in [0.2, 0.25) is 0 Å².